The molecule has 0 saturated carbocycles. The molecule has 4 rings (SSSR count). The molecular formula is C25H24N2O6. The smallest absolute Gasteiger partial charge is 0.329 e. The largest absolute Gasteiger partial charge is 0.453 e. The molecule has 2 heterocycles. The van der Waals surface area contributed by atoms with Crippen molar-refractivity contribution in [3.05, 3.63) is 64.2 Å². The van der Waals surface area contributed by atoms with Crippen molar-refractivity contribution in [1.29, 1.82) is 0 Å². The van der Waals surface area contributed by atoms with Crippen LogP contribution in [0.2, 0.25) is 0 Å². The number of hydrogen-bond acceptors (Lipinski definition) is 6. The Morgan fingerprint density at radius 1 is 0.970 bits per heavy atom. The lowest BCUT2D eigenvalue weighted by Gasteiger charge is -2.22. The summed E-state index contributed by atoms with van der Waals surface area (Å²) in [7, 11) is 0. The molecule has 2 aliphatic heterocycles. The van der Waals surface area contributed by atoms with E-state index < -0.39 is 35.7 Å². The van der Waals surface area contributed by atoms with Crippen LogP contribution >= 0.6 is 0 Å². The standard InChI is InChI=1S/C25H24N2O6/c1-13-5-7-19-20(11-13)24(31)27(23(19)30)14(2)25(32)33-15(3)22(29)18-6-8-21-17(12-18)9-10-26(21)16(4)28/h5-8,11-12,14-15H,9-10H2,1-4H3. The number of esters is 1. The molecule has 2 aromatic carbocycles. The number of hydrogen-bond donors (Lipinski definition) is 0. The van der Waals surface area contributed by atoms with Crippen LogP contribution in [0.1, 0.15) is 63.0 Å². The van der Waals surface area contributed by atoms with E-state index in [2.05, 4.69) is 0 Å². The van der Waals surface area contributed by atoms with Gasteiger partial charge in [0.2, 0.25) is 11.7 Å². The lowest BCUT2D eigenvalue weighted by Crippen LogP contribution is -2.45. The van der Waals surface area contributed by atoms with Crippen molar-refractivity contribution in [2.45, 2.75) is 46.3 Å². The first kappa shape index (κ1) is 22.4. The van der Waals surface area contributed by atoms with Gasteiger partial charge in [-0.1, -0.05) is 11.6 Å². The zero-order chi connectivity index (χ0) is 24.0. The van der Waals surface area contributed by atoms with Crippen molar-refractivity contribution >= 4 is 35.2 Å². The fraction of sp³-hybridized carbons (Fsp3) is 0.320. The molecule has 0 radical (unpaired) electrons. The molecule has 0 saturated heterocycles. The predicted molar refractivity (Wildman–Crippen MR) is 119 cm³/mol. The van der Waals surface area contributed by atoms with Crippen LogP contribution in [-0.2, 0) is 20.7 Å². The number of ether oxygens (including phenoxy) is 1. The van der Waals surface area contributed by atoms with Crippen molar-refractivity contribution in [2.24, 2.45) is 0 Å². The van der Waals surface area contributed by atoms with Crippen molar-refractivity contribution in [1.82, 2.24) is 4.90 Å². The van der Waals surface area contributed by atoms with Gasteiger partial charge in [-0.05, 0) is 63.1 Å². The number of fused-ring (bicyclic) bond motifs is 2. The second-order valence-electron chi connectivity index (χ2n) is 8.41. The summed E-state index contributed by atoms with van der Waals surface area (Å²) in [4.78, 5) is 65.3. The lowest BCUT2D eigenvalue weighted by molar-refractivity contribution is -0.150. The van der Waals surface area contributed by atoms with Crippen molar-refractivity contribution in [3.63, 3.8) is 0 Å². The average Bonchev–Trinajstić information content (AvgIpc) is 3.31. The van der Waals surface area contributed by atoms with Crippen LogP contribution in [0, 0.1) is 6.92 Å². The lowest BCUT2D eigenvalue weighted by atomic mass is 10.0. The topological polar surface area (TPSA) is 101 Å². The van der Waals surface area contributed by atoms with Gasteiger partial charge in [-0.15, -0.1) is 0 Å². The number of benzene rings is 2. The van der Waals surface area contributed by atoms with E-state index in [4.69, 9.17) is 4.74 Å². The molecule has 2 aromatic rings. The van der Waals surface area contributed by atoms with E-state index in [1.54, 1.807) is 41.3 Å². The number of imide groups is 1. The Morgan fingerprint density at radius 2 is 1.67 bits per heavy atom. The highest BCUT2D eigenvalue weighted by molar-refractivity contribution is 6.22. The Labute approximate surface area is 191 Å². The molecule has 33 heavy (non-hydrogen) atoms. The van der Waals surface area contributed by atoms with Crippen LogP contribution in [0.5, 0.6) is 0 Å². The molecule has 3 amide bonds. The Bertz CT molecular complexity index is 1220. The van der Waals surface area contributed by atoms with Crippen LogP contribution in [-0.4, -0.2) is 53.1 Å². The molecule has 8 heteroatoms. The molecule has 8 nitrogen and oxygen atoms in total. The molecule has 170 valence electrons. The van der Waals surface area contributed by atoms with Crippen LogP contribution in [0.3, 0.4) is 0 Å². The van der Waals surface area contributed by atoms with Gasteiger partial charge in [-0.25, -0.2) is 4.79 Å². The number of ketones is 1. The van der Waals surface area contributed by atoms with Gasteiger partial charge >= 0.3 is 5.97 Å². The second kappa shape index (κ2) is 8.27. The molecule has 2 atom stereocenters. The van der Waals surface area contributed by atoms with E-state index in [0.29, 0.717) is 18.5 Å². The third-order valence-corrected chi connectivity index (χ3v) is 6.10. The summed E-state index contributed by atoms with van der Waals surface area (Å²) in [6, 6.07) is 8.75. The van der Waals surface area contributed by atoms with E-state index in [1.807, 2.05) is 6.92 Å². The maximum Gasteiger partial charge on any atom is 0.329 e. The number of aryl methyl sites for hydroxylation is 1. The van der Waals surface area contributed by atoms with Gasteiger partial charge in [0, 0.05) is 24.7 Å². The normalized spacial score (nSPS) is 16.4. The van der Waals surface area contributed by atoms with Crippen molar-refractivity contribution in [2.75, 3.05) is 11.4 Å². The van der Waals surface area contributed by atoms with Gasteiger partial charge in [0.1, 0.15) is 6.04 Å². The average molecular weight is 448 g/mol. The fourth-order valence-corrected chi connectivity index (χ4v) is 4.27. The van der Waals surface area contributed by atoms with Crippen LogP contribution in [0.25, 0.3) is 0 Å². The molecule has 0 aromatic heterocycles. The fourth-order valence-electron chi connectivity index (χ4n) is 4.27. The summed E-state index contributed by atoms with van der Waals surface area (Å²) in [6.45, 7) is 6.71. The van der Waals surface area contributed by atoms with E-state index in [0.717, 1.165) is 21.7 Å². The van der Waals surface area contributed by atoms with Gasteiger partial charge in [0.15, 0.2) is 6.10 Å². The first-order chi connectivity index (χ1) is 15.6. The van der Waals surface area contributed by atoms with E-state index in [-0.39, 0.29) is 17.0 Å². The molecule has 2 aliphatic rings. The molecular weight excluding hydrogens is 424 g/mol. The minimum Gasteiger partial charge on any atom is -0.453 e. The first-order valence-electron chi connectivity index (χ1n) is 10.7. The van der Waals surface area contributed by atoms with Crippen LogP contribution in [0.15, 0.2) is 36.4 Å². The van der Waals surface area contributed by atoms with Crippen molar-refractivity contribution < 1.29 is 28.7 Å². The van der Waals surface area contributed by atoms with Gasteiger partial charge < -0.3 is 9.64 Å². The summed E-state index contributed by atoms with van der Waals surface area (Å²) in [5.41, 5.74) is 3.34. The number of carbonyl (C=O) groups is 5. The summed E-state index contributed by atoms with van der Waals surface area (Å²) in [5.74, 6) is -2.43. The minimum atomic E-state index is -1.18. The van der Waals surface area contributed by atoms with E-state index in [1.165, 1.54) is 20.8 Å². The second-order valence-corrected chi connectivity index (χ2v) is 8.41. The van der Waals surface area contributed by atoms with Gasteiger partial charge in [0.05, 0.1) is 11.1 Å². The van der Waals surface area contributed by atoms with Crippen LogP contribution < -0.4 is 4.90 Å². The molecule has 0 aliphatic carbocycles. The molecule has 0 N–H and O–H groups in total. The van der Waals surface area contributed by atoms with Crippen LogP contribution in [0.4, 0.5) is 5.69 Å². The molecule has 0 bridgehead atoms. The highest BCUT2D eigenvalue weighted by atomic mass is 16.5. The quantitative estimate of drug-likeness (QED) is 0.396. The van der Waals surface area contributed by atoms with Gasteiger partial charge in [-0.2, -0.15) is 0 Å². The number of amides is 3. The minimum absolute atomic E-state index is 0.0626. The van der Waals surface area contributed by atoms with E-state index in [9.17, 15) is 24.0 Å². The summed E-state index contributed by atoms with van der Waals surface area (Å²) >= 11 is 0. The summed E-state index contributed by atoms with van der Waals surface area (Å²) in [5, 5.41) is 0. The SMILES string of the molecule is CC(=O)N1CCc2cc(C(=O)C(C)OC(=O)C(C)N3C(=O)c4ccc(C)cc4C3=O)ccc21. The molecule has 2 unspecified atom stereocenters. The third kappa shape index (κ3) is 3.82. The highest BCUT2D eigenvalue weighted by Crippen LogP contribution is 2.30. The van der Waals surface area contributed by atoms with Gasteiger partial charge in [0.25, 0.3) is 11.8 Å². The molecule has 0 fully saturated rings. The number of anilines is 1. The zero-order valence-corrected chi connectivity index (χ0v) is 18.9. The van der Waals surface area contributed by atoms with Gasteiger partial charge in [-0.3, -0.25) is 24.1 Å². The number of carbonyl (C=O) groups excluding carboxylic acids is 5. The number of nitrogens with zero attached hydrogens (tertiary/aromatic N) is 2. The zero-order valence-electron chi connectivity index (χ0n) is 18.9. The Morgan fingerprint density at radius 3 is 2.36 bits per heavy atom. The van der Waals surface area contributed by atoms with Crippen molar-refractivity contribution in [3.8, 4) is 0 Å². The Kier molecular flexibility index (Phi) is 5.61. The monoisotopic (exact) mass is 448 g/mol. The number of rotatable bonds is 5. The first-order valence-corrected chi connectivity index (χ1v) is 10.7. The predicted octanol–water partition coefficient (Wildman–Crippen LogP) is 2.70. The highest BCUT2D eigenvalue weighted by Gasteiger charge is 2.42. The third-order valence-electron chi connectivity index (χ3n) is 6.10. The Hall–Kier alpha value is -3.81. The summed E-state index contributed by atoms with van der Waals surface area (Å²) in [6.07, 6.45) is -0.471. The molecule has 0 spiro atoms. The summed E-state index contributed by atoms with van der Waals surface area (Å²) < 4.78 is 5.34. The maximum absolute atomic E-state index is 12.9. The van der Waals surface area contributed by atoms with E-state index >= 15 is 0 Å². The Balaban J connectivity index is 1.46. The maximum atomic E-state index is 12.9. The number of Topliss-reactive ketones (excluding diaryl/α,β-unsaturated/α-hetero) is 1.